The van der Waals surface area contributed by atoms with Gasteiger partial charge >= 0.3 is 0 Å². The van der Waals surface area contributed by atoms with E-state index in [1.165, 1.54) is 29.5 Å². The van der Waals surface area contributed by atoms with E-state index < -0.39 is 4.92 Å². The largest absolute Gasteiger partial charge is 0.297 e. The first-order valence-electron chi connectivity index (χ1n) is 6.69. The molecule has 0 spiro atoms. The van der Waals surface area contributed by atoms with Crippen molar-refractivity contribution >= 4 is 34.1 Å². The van der Waals surface area contributed by atoms with Crippen LogP contribution in [0.2, 0.25) is 0 Å². The summed E-state index contributed by atoms with van der Waals surface area (Å²) < 4.78 is 0. The molecule has 22 heavy (non-hydrogen) atoms. The van der Waals surface area contributed by atoms with Gasteiger partial charge in [-0.2, -0.15) is 0 Å². The molecule has 8 heteroatoms. The van der Waals surface area contributed by atoms with Crippen molar-refractivity contribution in [2.24, 2.45) is 0 Å². The SMILES string of the molecule is O=C(C=Cc1ccc([N+](=O)[O-])cc1)Nc1nnc(C2CC2)s1. The van der Waals surface area contributed by atoms with Crippen LogP contribution in [0.3, 0.4) is 0 Å². The number of benzene rings is 1. The molecule has 0 radical (unpaired) electrons. The summed E-state index contributed by atoms with van der Waals surface area (Å²) in [7, 11) is 0. The Bertz CT molecular complexity index is 735. The number of non-ortho nitro benzene ring substituents is 1. The number of nitro benzene ring substituents is 1. The Morgan fingerprint density at radius 1 is 1.32 bits per heavy atom. The van der Waals surface area contributed by atoms with E-state index in [2.05, 4.69) is 15.5 Å². The maximum absolute atomic E-state index is 11.8. The third kappa shape index (κ3) is 3.53. The van der Waals surface area contributed by atoms with E-state index in [1.54, 1.807) is 18.2 Å². The van der Waals surface area contributed by atoms with Gasteiger partial charge in [0.2, 0.25) is 11.0 Å². The van der Waals surface area contributed by atoms with Crippen LogP contribution in [0.25, 0.3) is 6.08 Å². The Kier molecular flexibility index (Phi) is 3.92. The number of carbonyl (C=O) groups excluding carboxylic acids is 1. The average molecular weight is 316 g/mol. The Balaban J connectivity index is 1.58. The van der Waals surface area contributed by atoms with Gasteiger partial charge in [0.15, 0.2) is 0 Å². The van der Waals surface area contributed by atoms with Crippen molar-refractivity contribution in [2.75, 3.05) is 5.32 Å². The number of nitrogens with one attached hydrogen (secondary N) is 1. The van der Waals surface area contributed by atoms with Crippen LogP contribution in [0, 0.1) is 10.1 Å². The minimum Gasteiger partial charge on any atom is -0.297 e. The zero-order chi connectivity index (χ0) is 15.5. The lowest BCUT2D eigenvalue weighted by atomic mass is 10.2. The highest BCUT2D eigenvalue weighted by Crippen LogP contribution is 2.41. The first-order chi connectivity index (χ1) is 10.6. The van der Waals surface area contributed by atoms with Crippen LogP contribution in [0.4, 0.5) is 10.8 Å². The van der Waals surface area contributed by atoms with Gasteiger partial charge in [-0.3, -0.25) is 20.2 Å². The van der Waals surface area contributed by atoms with E-state index in [9.17, 15) is 14.9 Å². The Labute approximate surface area is 129 Å². The van der Waals surface area contributed by atoms with Crippen LogP contribution >= 0.6 is 11.3 Å². The van der Waals surface area contributed by atoms with Gasteiger partial charge in [-0.25, -0.2) is 0 Å². The maximum Gasteiger partial charge on any atom is 0.269 e. The van der Waals surface area contributed by atoms with Crippen molar-refractivity contribution < 1.29 is 9.72 Å². The topological polar surface area (TPSA) is 98.0 Å². The molecule has 3 rings (SSSR count). The lowest BCUT2D eigenvalue weighted by molar-refractivity contribution is -0.384. The Morgan fingerprint density at radius 2 is 2.05 bits per heavy atom. The molecule has 1 fully saturated rings. The molecule has 1 heterocycles. The van der Waals surface area contributed by atoms with Gasteiger partial charge in [-0.1, -0.05) is 11.3 Å². The number of anilines is 1. The Morgan fingerprint density at radius 3 is 2.68 bits per heavy atom. The van der Waals surface area contributed by atoms with Crippen molar-refractivity contribution in [3.8, 4) is 0 Å². The molecule has 112 valence electrons. The molecule has 1 aromatic carbocycles. The first kappa shape index (κ1) is 14.3. The molecule has 0 atom stereocenters. The highest BCUT2D eigenvalue weighted by Gasteiger charge is 2.27. The molecular weight excluding hydrogens is 304 g/mol. The standard InChI is InChI=1S/C14H12N4O3S/c19-12(15-14-17-16-13(22-14)10-4-5-10)8-3-9-1-6-11(7-2-9)18(20)21/h1-3,6-8,10H,4-5H2,(H,15,17,19). The first-order valence-corrected chi connectivity index (χ1v) is 7.50. The van der Waals surface area contributed by atoms with Crippen molar-refractivity contribution in [3.63, 3.8) is 0 Å². The third-order valence-corrected chi connectivity index (χ3v) is 4.13. The quantitative estimate of drug-likeness (QED) is 0.519. The zero-order valence-corrected chi connectivity index (χ0v) is 12.2. The van der Waals surface area contributed by atoms with Gasteiger partial charge in [0.1, 0.15) is 5.01 Å². The predicted octanol–water partition coefficient (Wildman–Crippen LogP) is 2.98. The second-order valence-corrected chi connectivity index (χ2v) is 5.90. The summed E-state index contributed by atoms with van der Waals surface area (Å²) in [5, 5.41) is 22.6. The molecule has 0 aliphatic heterocycles. The van der Waals surface area contributed by atoms with E-state index in [1.807, 2.05) is 0 Å². The number of amides is 1. The number of rotatable bonds is 5. The summed E-state index contributed by atoms with van der Waals surface area (Å²) in [5.41, 5.74) is 0.722. The van der Waals surface area contributed by atoms with E-state index in [0.717, 1.165) is 17.8 Å². The fourth-order valence-electron chi connectivity index (χ4n) is 1.81. The molecule has 1 aliphatic rings. The van der Waals surface area contributed by atoms with E-state index >= 15 is 0 Å². The van der Waals surface area contributed by atoms with Crippen LogP contribution in [-0.2, 0) is 4.79 Å². The summed E-state index contributed by atoms with van der Waals surface area (Å²) in [6.07, 6.45) is 5.23. The average Bonchev–Trinajstić information content (AvgIpc) is 3.26. The van der Waals surface area contributed by atoms with Gasteiger partial charge in [-0.05, 0) is 36.6 Å². The molecule has 1 saturated carbocycles. The van der Waals surface area contributed by atoms with E-state index in [-0.39, 0.29) is 11.6 Å². The lowest BCUT2D eigenvalue weighted by Gasteiger charge is -1.95. The number of aromatic nitrogens is 2. The smallest absolute Gasteiger partial charge is 0.269 e. The summed E-state index contributed by atoms with van der Waals surface area (Å²) in [6.45, 7) is 0. The fourth-order valence-corrected chi connectivity index (χ4v) is 2.72. The highest BCUT2D eigenvalue weighted by molar-refractivity contribution is 7.15. The number of carbonyl (C=O) groups is 1. The number of hydrogen-bond donors (Lipinski definition) is 1. The zero-order valence-electron chi connectivity index (χ0n) is 11.4. The van der Waals surface area contributed by atoms with Crippen LogP contribution in [0.5, 0.6) is 0 Å². The Hall–Kier alpha value is -2.61. The van der Waals surface area contributed by atoms with Crippen molar-refractivity contribution in [2.45, 2.75) is 18.8 Å². The summed E-state index contributed by atoms with van der Waals surface area (Å²) in [4.78, 5) is 21.9. The van der Waals surface area contributed by atoms with Crippen LogP contribution in [-0.4, -0.2) is 21.0 Å². The van der Waals surface area contributed by atoms with Crippen molar-refractivity contribution in [1.29, 1.82) is 0 Å². The molecule has 0 saturated heterocycles. The minimum atomic E-state index is -0.465. The molecule has 0 bridgehead atoms. The van der Waals surface area contributed by atoms with E-state index in [0.29, 0.717) is 16.6 Å². The second-order valence-electron chi connectivity index (χ2n) is 4.89. The molecule has 2 aromatic rings. The lowest BCUT2D eigenvalue weighted by Crippen LogP contribution is -2.07. The van der Waals surface area contributed by atoms with Gasteiger partial charge < -0.3 is 0 Å². The molecule has 1 N–H and O–H groups in total. The maximum atomic E-state index is 11.8. The predicted molar refractivity (Wildman–Crippen MR) is 82.6 cm³/mol. The van der Waals surface area contributed by atoms with Crippen molar-refractivity contribution in [1.82, 2.24) is 10.2 Å². The molecule has 1 aromatic heterocycles. The minimum absolute atomic E-state index is 0.0167. The monoisotopic (exact) mass is 316 g/mol. The van der Waals surface area contributed by atoms with Crippen LogP contribution < -0.4 is 5.32 Å². The molecule has 0 unspecified atom stereocenters. The van der Waals surface area contributed by atoms with Gasteiger partial charge in [0.05, 0.1) is 4.92 Å². The highest BCUT2D eigenvalue weighted by atomic mass is 32.1. The van der Waals surface area contributed by atoms with Crippen LogP contribution in [0.1, 0.15) is 29.3 Å². The second kappa shape index (κ2) is 6.02. The molecular formula is C14H12N4O3S. The normalized spacial score (nSPS) is 14.2. The summed E-state index contributed by atoms with van der Waals surface area (Å²) >= 11 is 1.40. The molecule has 1 amide bonds. The van der Waals surface area contributed by atoms with Crippen LogP contribution in [0.15, 0.2) is 30.3 Å². The van der Waals surface area contributed by atoms with E-state index in [4.69, 9.17) is 0 Å². The fraction of sp³-hybridized carbons (Fsp3) is 0.214. The van der Waals surface area contributed by atoms with Gasteiger partial charge in [-0.15, -0.1) is 10.2 Å². The molecule has 1 aliphatic carbocycles. The van der Waals surface area contributed by atoms with Gasteiger partial charge in [0.25, 0.3) is 5.69 Å². The summed E-state index contributed by atoms with van der Waals surface area (Å²) in [5.74, 6) is 0.204. The molecule has 7 nitrogen and oxygen atoms in total. The number of hydrogen-bond acceptors (Lipinski definition) is 6. The summed E-state index contributed by atoms with van der Waals surface area (Å²) in [6, 6.07) is 5.95. The number of nitrogens with zero attached hydrogens (tertiary/aromatic N) is 3. The third-order valence-electron chi connectivity index (χ3n) is 3.13. The van der Waals surface area contributed by atoms with Gasteiger partial charge in [0, 0.05) is 24.1 Å². The van der Waals surface area contributed by atoms with Crippen molar-refractivity contribution in [3.05, 3.63) is 51.0 Å². The number of nitro groups is 1.